The fourth-order valence-electron chi connectivity index (χ4n) is 3.99. The molecule has 0 bridgehead atoms. The van der Waals surface area contributed by atoms with E-state index in [4.69, 9.17) is 29.8 Å². The Morgan fingerprint density at radius 3 is 2.59 bits per heavy atom. The fraction of sp³-hybridized carbons (Fsp3) is 0.391. The first-order chi connectivity index (χ1) is 15.7. The van der Waals surface area contributed by atoms with Gasteiger partial charge in [0.15, 0.2) is 5.82 Å². The second-order valence-corrected chi connectivity index (χ2v) is 8.76. The second-order valence-electron chi connectivity index (χ2n) is 7.76. The number of thiophene rings is 1. The van der Waals surface area contributed by atoms with Crippen LogP contribution in [-0.4, -0.2) is 64.4 Å². The summed E-state index contributed by atoms with van der Waals surface area (Å²) in [5.74, 6) is 2.00. The maximum Gasteiger partial charge on any atom is 0.236 e. The number of nitrogens with one attached hydrogen (secondary N) is 1. The van der Waals surface area contributed by atoms with Gasteiger partial charge in [-0.25, -0.2) is 15.0 Å². The molecule has 32 heavy (non-hydrogen) atoms. The van der Waals surface area contributed by atoms with Gasteiger partial charge < -0.3 is 20.1 Å². The quantitative estimate of drug-likeness (QED) is 0.463. The van der Waals surface area contributed by atoms with Gasteiger partial charge in [0.05, 0.1) is 17.7 Å². The van der Waals surface area contributed by atoms with E-state index in [1.807, 2.05) is 38.1 Å². The van der Waals surface area contributed by atoms with Crippen molar-refractivity contribution in [1.82, 2.24) is 25.3 Å². The number of hydrogen-bond acceptors (Lipinski definition) is 9. The predicted octanol–water partition coefficient (Wildman–Crippen LogP) is 2.95. The number of rotatable bonds is 6. The zero-order chi connectivity index (χ0) is 22.1. The number of aliphatic hydroxyl groups excluding tert-OH is 1. The molecule has 0 amide bonds. The summed E-state index contributed by atoms with van der Waals surface area (Å²) >= 11 is 1.55. The average molecular weight is 451 g/mol. The highest BCUT2D eigenvalue weighted by molar-refractivity contribution is 7.25. The molecule has 5 rings (SSSR count). The van der Waals surface area contributed by atoms with Crippen LogP contribution in [0.5, 0.6) is 5.88 Å². The smallest absolute Gasteiger partial charge is 0.236 e. The number of anilines is 1. The Morgan fingerprint density at radius 1 is 1.09 bits per heavy atom. The largest absolute Gasteiger partial charge is 0.477 e. The van der Waals surface area contributed by atoms with E-state index in [-0.39, 0.29) is 6.61 Å². The van der Waals surface area contributed by atoms with E-state index in [0.29, 0.717) is 30.7 Å². The number of piperazine rings is 1. The van der Waals surface area contributed by atoms with Crippen molar-refractivity contribution in [3.63, 3.8) is 0 Å². The normalized spacial score (nSPS) is 14.4. The van der Waals surface area contributed by atoms with Crippen molar-refractivity contribution in [2.24, 2.45) is 0 Å². The Labute approximate surface area is 190 Å². The van der Waals surface area contributed by atoms with E-state index >= 15 is 0 Å². The number of nitrogens with zero attached hydrogens (tertiary/aromatic N) is 5. The van der Waals surface area contributed by atoms with Crippen LogP contribution in [0.1, 0.15) is 18.2 Å². The molecule has 1 aliphatic heterocycles. The molecule has 2 N–H and O–H groups in total. The van der Waals surface area contributed by atoms with E-state index in [0.717, 1.165) is 63.4 Å². The van der Waals surface area contributed by atoms with Crippen molar-refractivity contribution in [2.45, 2.75) is 20.3 Å². The van der Waals surface area contributed by atoms with Gasteiger partial charge in [0.2, 0.25) is 11.8 Å². The maximum absolute atomic E-state index is 9.14. The summed E-state index contributed by atoms with van der Waals surface area (Å²) in [5, 5.41) is 13.5. The lowest BCUT2D eigenvalue weighted by Crippen LogP contribution is -2.44. The molecule has 4 heterocycles. The van der Waals surface area contributed by atoms with Crippen molar-refractivity contribution in [3.05, 3.63) is 35.5 Å². The van der Waals surface area contributed by atoms with Crippen molar-refractivity contribution in [1.29, 1.82) is 0 Å². The molecule has 4 aromatic rings. The van der Waals surface area contributed by atoms with Crippen LogP contribution in [0.15, 0.2) is 24.3 Å². The molecule has 0 saturated carbocycles. The third kappa shape index (κ3) is 3.87. The number of aliphatic hydroxyl groups is 1. The van der Waals surface area contributed by atoms with E-state index in [2.05, 4.69) is 10.2 Å². The minimum absolute atomic E-state index is 0.141. The monoisotopic (exact) mass is 450 g/mol. The maximum atomic E-state index is 9.14. The minimum atomic E-state index is 0.141. The molecule has 0 aliphatic carbocycles. The third-order valence-electron chi connectivity index (χ3n) is 5.61. The van der Waals surface area contributed by atoms with Gasteiger partial charge in [0, 0.05) is 38.3 Å². The topological polar surface area (TPSA) is 96.3 Å². The van der Waals surface area contributed by atoms with Gasteiger partial charge in [-0.05, 0) is 25.8 Å². The van der Waals surface area contributed by atoms with E-state index < -0.39 is 0 Å². The molecule has 166 valence electrons. The van der Waals surface area contributed by atoms with Crippen molar-refractivity contribution in [3.8, 4) is 17.3 Å². The second kappa shape index (κ2) is 8.93. The number of ether oxygens (including phenoxy) is 1. The minimum Gasteiger partial charge on any atom is -0.477 e. The van der Waals surface area contributed by atoms with Crippen molar-refractivity contribution in [2.75, 3.05) is 44.3 Å². The van der Waals surface area contributed by atoms with E-state index in [9.17, 15) is 0 Å². The van der Waals surface area contributed by atoms with Gasteiger partial charge >= 0.3 is 0 Å². The van der Waals surface area contributed by atoms with Gasteiger partial charge in [0.1, 0.15) is 15.0 Å². The molecule has 0 atom stereocenters. The van der Waals surface area contributed by atoms with Crippen LogP contribution in [0.4, 0.5) is 5.95 Å². The SMILES string of the molecule is CCOc1nc(N2CCNCC2)nc2c1sc1nc(-c3ccc(CCO)cc3)nc(C)c12. The highest BCUT2D eigenvalue weighted by Crippen LogP contribution is 2.39. The van der Waals surface area contributed by atoms with Gasteiger partial charge in [-0.1, -0.05) is 24.3 Å². The van der Waals surface area contributed by atoms with Crippen molar-refractivity contribution < 1.29 is 9.84 Å². The summed E-state index contributed by atoms with van der Waals surface area (Å²) in [6.45, 7) is 8.22. The lowest BCUT2D eigenvalue weighted by atomic mass is 10.1. The summed E-state index contributed by atoms with van der Waals surface area (Å²) in [4.78, 5) is 22.5. The van der Waals surface area contributed by atoms with Crippen LogP contribution in [-0.2, 0) is 6.42 Å². The Balaban J connectivity index is 1.63. The standard InChI is InChI=1S/C23H26N6O2S/c1-3-31-21-19-18(26-23(28-21)29-11-9-24-10-12-29)17-14(2)25-20(27-22(17)32-19)16-6-4-15(5-7-16)8-13-30/h4-7,24,30H,3,8-13H2,1-2H3. The number of aryl methyl sites for hydroxylation is 1. The molecular formula is C23H26N6O2S. The molecule has 9 heteroatoms. The molecule has 1 aromatic carbocycles. The number of hydrogen-bond donors (Lipinski definition) is 2. The van der Waals surface area contributed by atoms with Crippen LogP contribution in [0.3, 0.4) is 0 Å². The van der Waals surface area contributed by atoms with Gasteiger partial charge in [-0.2, -0.15) is 4.98 Å². The van der Waals surface area contributed by atoms with Crippen LogP contribution in [0, 0.1) is 6.92 Å². The van der Waals surface area contributed by atoms with Crippen molar-refractivity contribution >= 4 is 37.7 Å². The summed E-state index contributed by atoms with van der Waals surface area (Å²) in [6.07, 6.45) is 0.643. The number of fused-ring (bicyclic) bond motifs is 3. The third-order valence-corrected chi connectivity index (χ3v) is 6.67. The zero-order valence-corrected chi connectivity index (χ0v) is 19.1. The molecule has 1 saturated heterocycles. The first kappa shape index (κ1) is 21.0. The number of aromatic nitrogens is 4. The Bertz CT molecular complexity index is 1250. The van der Waals surface area contributed by atoms with Gasteiger partial charge in [0.25, 0.3) is 0 Å². The summed E-state index contributed by atoms with van der Waals surface area (Å²) < 4.78 is 6.83. The first-order valence-electron chi connectivity index (χ1n) is 11.0. The van der Waals surface area contributed by atoms with Gasteiger partial charge in [-0.15, -0.1) is 11.3 Å². The Kier molecular flexibility index (Phi) is 5.86. The fourth-order valence-corrected chi connectivity index (χ4v) is 5.10. The highest BCUT2D eigenvalue weighted by atomic mass is 32.1. The van der Waals surface area contributed by atoms with Crippen LogP contribution in [0.25, 0.3) is 31.8 Å². The molecule has 0 unspecified atom stereocenters. The molecule has 1 aliphatic rings. The van der Waals surface area contributed by atoms with Crippen LogP contribution >= 0.6 is 11.3 Å². The zero-order valence-electron chi connectivity index (χ0n) is 18.3. The Morgan fingerprint density at radius 2 is 1.88 bits per heavy atom. The summed E-state index contributed by atoms with van der Waals surface area (Å²) in [5.41, 5.74) is 3.79. The molecule has 8 nitrogen and oxygen atoms in total. The molecule has 0 spiro atoms. The lowest BCUT2D eigenvalue weighted by Gasteiger charge is -2.27. The average Bonchev–Trinajstić information content (AvgIpc) is 3.20. The number of benzene rings is 1. The molecule has 0 radical (unpaired) electrons. The summed E-state index contributed by atoms with van der Waals surface area (Å²) in [6, 6.07) is 8.04. The summed E-state index contributed by atoms with van der Waals surface area (Å²) in [7, 11) is 0. The Hall–Kier alpha value is -2.88. The molecule has 3 aromatic heterocycles. The first-order valence-corrected chi connectivity index (χ1v) is 11.8. The highest BCUT2D eigenvalue weighted by Gasteiger charge is 2.22. The predicted molar refractivity (Wildman–Crippen MR) is 128 cm³/mol. The lowest BCUT2D eigenvalue weighted by molar-refractivity contribution is 0.299. The van der Waals surface area contributed by atoms with Crippen LogP contribution < -0.4 is 15.0 Å². The van der Waals surface area contributed by atoms with E-state index in [1.165, 1.54) is 0 Å². The van der Waals surface area contributed by atoms with E-state index in [1.54, 1.807) is 11.3 Å². The van der Waals surface area contributed by atoms with Crippen LogP contribution in [0.2, 0.25) is 0 Å². The van der Waals surface area contributed by atoms with Gasteiger partial charge in [-0.3, -0.25) is 0 Å². The molecular weight excluding hydrogens is 424 g/mol. The molecule has 1 fully saturated rings.